The summed E-state index contributed by atoms with van der Waals surface area (Å²) < 4.78 is 0. The molecule has 2 aromatic heterocycles. The van der Waals surface area contributed by atoms with Crippen molar-refractivity contribution < 1.29 is 53.8 Å². The standard InChI is InChI=1S/C17H12N2.Pt.Y/c1-2-7-14(8-3-1)17-11-6-10-16(19-17)13-15-9-4-5-12-18-15;;/h1-7,9-11H,13H2;;/q-2;;. The minimum absolute atomic E-state index is 0. The molecule has 0 aliphatic rings. The number of rotatable bonds is 3. The van der Waals surface area contributed by atoms with Gasteiger partial charge in [0.1, 0.15) is 0 Å². The van der Waals surface area contributed by atoms with Crippen LogP contribution in [-0.4, -0.2) is 9.97 Å². The van der Waals surface area contributed by atoms with Crippen LogP contribution in [0.15, 0.2) is 60.7 Å². The van der Waals surface area contributed by atoms with Gasteiger partial charge in [-0.25, -0.2) is 0 Å². The van der Waals surface area contributed by atoms with Gasteiger partial charge in [0.2, 0.25) is 0 Å². The molecule has 3 aromatic rings. The van der Waals surface area contributed by atoms with Crippen molar-refractivity contribution in [2.45, 2.75) is 6.42 Å². The fraction of sp³-hybridized carbons (Fsp3) is 0.0588. The van der Waals surface area contributed by atoms with Crippen LogP contribution in [0.25, 0.3) is 11.3 Å². The van der Waals surface area contributed by atoms with Gasteiger partial charge in [-0.15, -0.1) is 35.9 Å². The summed E-state index contributed by atoms with van der Waals surface area (Å²) in [7, 11) is 0. The zero-order chi connectivity index (χ0) is 12.9. The predicted molar refractivity (Wildman–Crippen MR) is 74.4 cm³/mol. The quantitative estimate of drug-likeness (QED) is 0.488. The van der Waals surface area contributed by atoms with Gasteiger partial charge in [-0.2, -0.15) is 18.2 Å². The van der Waals surface area contributed by atoms with Gasteiger partial charge in [0.15, 0.2) is 0 Å². The molecule has 2 nitrogen and oxygen atoms in total. The summed E-state index contributed by atoms with van der Waals surface area (Å²) in [5.74, 6) is 0. The van der Waals surface area contributed by atoms with E-state index in [1.165, 1.54) is 0 Å². The van der Waals surface area contributed by atoms with Gasteiger partial charge >= 0.3 is 0 Å². The van der Waals surface area contributed by atoms with Crippen molar-refractivity contribution in [2.75, 3.05) is 0 Å². The maximum Gasteiger partial charge on any atom is 0.0240 e. The summed E-state index contributed by atoms with van der Waals surface area (Å²) in [6.45, 7) is 0. The Hall–Kier alpha value is -0.688. The Labute approximate surface area is 164 Å². The van der Waals surface area contributed by atoms with Gasteiger partial charge in [-0.3, -0.25) is 0 Å². The zero-order valence-electron chi connectivity index (χ0n) is 11.3. The Balaban J connectivity index is 0.00000110. The second-order valence-corrected chi connectivity index (χ2v) is 4.23. The molecule has 105 valence electrons. The summed E-state index contributed by atoms with van der Waals surface area (Å²) >= 11 is 0. The monoisotopic (exact) mass is 528 g/mol. The molecule has 0 saturated heterocycles. The molecule has 0 saturated carbocycles. The molecule has 0 aliphatic carbocycles. The molecule has 4 heteroatoms. The van der Waals surface area contributed by atoms with E-state index in [2.05, 4.69) is 22.2 Å². The molecule has 0 unspecified atom stereocenters. The molecule has 21 heavy (non-hydrogen) atoms. The fourth-order valence-electron chi connectivity index (χ4n) is 1.92. The van der Waals surface area contributed by atoms with Gasteiger partial charge in [0, 0.05) is 59.5 Å². The first-order valence-corrected chi connectivity index (χ1v) is 6.17. The van der Waals surface area contributed by atoms with Gasteiger partial charge in [0.25, 0.3) is 0 Å². The van der Waals surface area contributed by atoms with Crippen LogP contribution in [-0.2, 0) is 60.2 Å². The third-order valence-corrected chi connectivity index (χ3v) is 2.82. The molecule has 0 N–H and O–H groups in total. The number of benzene rings is 1. The molecule has 0 atom stereocenters. The van der Waals surface area contributed by atoms with Crippen molar-refractivity contribution in [3.8, 4) is 11.3 Å². The number of nitrogens with zero attached hydrogens (tertiary/aromatic N) is 2. The molecule has 1 radical (unpaired) electrons. The number of hydrogen-bond donors (Lipinski definition) is 0. The van der Waals surface area contributed by atoms with E-state index in [0.29, 0.717) is 0 Å². The smallest absolute Gasteiger partial charge is 0.0240 e. The van der Waals surface area contributed by atoms with Crippen LogP contribution < -0.4 is 0 Å². The Morgan fingerprint density at radius 2 is 1.71 bits per heavy atom. The van der Waals surface area contributed by atoms with Gasteiger partial charge in [0.05, 0.1) is 0 Å². The van der Waals surface area contributed by atoms with Crippen molar-refractivity contribution in [1.82, 2.24) is 9.97 Å². The predicted octanol–water partition coefficient (Wildman–Crippen LogP) is 3.33. The van der Waals surface area contributed by atoms with Crippen LogP contribution in [0.5, 0.6) is 0 Å². The van der Waals surface area contributed by atoms with Gasteiger partial charge in [-0.05, 0) is 18.2 Å². The van der Waals surface area contributed by atoms with E-state index in [4.69, 9.17) is 0 Å². The van der Waals surface area contributed by atoms with E-state index in [9.17, 15) is 0 Å². The van der Waals surface area contributed by atoms with Crippen molar-refractivity contribution in [3.63, 3.8) is 0 Å². The molecular formula is C17H12N2PtY-2. The fourth-order valence-corrected chi connectivity index (χ4v) is 1.92. The van der Waals surface area contributed by atoms with Crippen LogP contribution in [0.1, 0.15) is 11.4 Å². The number of pyridine rings is 2. The molecule has 0 spiro atoms. The van der Waals surface area contributed by atoms with Gasteiger partial charge in [-0.1, -0.05) is 24.0 Å². The largest absolute Gasteiger partial charge is 0.391 e. The van der Waals surface area contributed by atoms with Crippen molar-refractivity contribution in [1.29, 1.82) is 0 Å². The first kappa shape index (κ1) is 18.4. The number of hydrogen-bond acceptors (Lipinski definition) is 2. The SMILES string of the molecule is [Pt].[Y].[c-]1cccc(Cc2cccc(-c3[c-]cccc3)n2)n1. The first-order valence-electron chi connectivity index (χ1n) is 6.17. The summed E-state index contributed by atoms with van der Waals surface area (Å²) in [5, 5.41) is 0. The van der Waals surface area contributed by atoms with Crippen molar-refractivity contribution in [3.05, 3.63) is 84.3 Å². The summed E-state index contributed by atoms with van der Waals surface area (Å²) in [6.07, 6.45) is 3.56. The Morgan fingerprint density at radius 1 is 0.857 bits per heavy atom. The molecule has 0 bridgehead atoms. The van der Waals surface area contributed by atoms with E-state index in [-0.39, 0.29) is 53.8 Å². The van der Waals surface area contributed by atoms with Crippen LogP contribution >= 0.6 is 0 Å². The van der Waals surface area contributed by atoms with E-state index >= 15 is 0 Å². The molecule has 0 fully saturated rings. The molecular weight excluding hydrogens is 516 g/mol. The van der Waals surface area contributed by atoms with Crippen LogP contribution in [0, 0.1) is 12.3 Å². The van der Waals surface area contributed by atoms with E-state index in [1.807, 2.05) is 54.6 Å². The Morgan fingerprint density at radius 3 is 2.43 bits per heavy atom. The molecule has 2 heterocycles. The van der Waals surface area contributed by atoms with Crippen LogP contribution in [0.4, 0.5) is 0 Å². The van der Waals surface area contributed by atoms with Crippen molar-refractivity contribution in [2.24, 2.45) is 0 Å². The third kappa shape index (κ3) is 5.22. The molecule has 3 rings (SSSR count). The van der Waals surface area contributed by atoms with E-state index < -0.39 is 0 Å². The van der Waals surface area contributed by atoms with E-state index in [0.717, 1.165) is 29.1 Å². The maximum atomic E-state index is 4.65. The Kier molecular flexibility index (Phi) is 8.18. The summed E-state index contributed by atoms with van der Waals surface area (Å²) in [4.78, 5) is 8.86. The minimum atomic E-state index is 0. The first-order chi connectivity index (χ1) is 9.42. The molecule has 0 amide bonds. The van der Waals surface area contributed by atoms with Crippen molar-refractivity contribution >= 4 is 0 Å². The van der Waals surface area contributed by atoms with Gasteiger partial charge < -0.3 is 9.97 Å². The van der Waals surface area contributed by atoms with Crippen LogP contribution in [0.3, 0.4) is 0 Å². The summed E-state index contributed by atoms with van der Waals surface area (Å²) in [6, 6.07) is 22.8. The Bertz CT molecular complexity index is 660. The minimum Gasteiger partial charge on any atom is -0.391 e. The summed E-state index contributed by atoms with van der Waals surface area (Å²) in [5.41, 5.74) is 3.93. The normalized spacial score (nSPS) is 9.33. The topological polar surface area (TPSA) is 25.8 Å². The third-order valence-electron chi connectivity index (χ3n) is 2.82. The maximum absolute atomic E-state index is 4.65. The second kappa shape index (κ2) is 9.35. The zero-order valence-corrected chi connectivity index (χ0v) is 16.4. The average molecular weight is 528 g/mol. The number of aromatic nitrogens is 2. The molecule has 1 aromatic carbocycles. The molecule has 0 aliphatic heterocycles. The van der Waals surface area contributed by atoms with Crippen LogP contribution in [0.2, 0.25) is 0 Å². The average Bonchev–Trinajstić information content (AvgIpc) is 2.49. The van der Waals surface area contributed by atoms with E-state index in [1.54, 1.807) is 6.07 Å². The second-order valence-electron chi connectivity index (χ2n) is 4.23.